The average molecular weight is 387 g/mol. The Morgan fingerprint density at radius 3 is 2.35 bits per heavy atom. The molecule has 136 valence electrons. The number of aromatic nitrogens is 1. The van der Waals surface area contributed by atoms with Crippen molar-refractivity contribution in [2.45, 2.75) is 44.9 Å². The summed E-state index contributed by atoms with van der Waals surface area (Å²) in [6.07, 6.45) is 9.68. The molecule has 4 fully saturated rings. The van der Waals surface area contributed by atoms with Gasteiger partial charge in [-0.3, -0.25) is 10.1 Å². The van der Waals surface area contributed by atoms with Crippen LogP contribution in [0.3, 0.4) is 0 Å². The summed E-state index contributed by atoms with van der Waals surface area (Å²) in [5.74, 6) is 2.76. The van der Waals surface area contributed by atoms with Gasteiger partial charge >= 0.3 is 0 Å². The van der Waals surface area contributed by atoms with E-state index in [1.54, 1.807) is 24.3 Å². The summed E-state index contributed by atoms with van der Waals surface area (Å²) in [5, 5.41) is 6.40. The Morgan fingerprint density at radius 1 is 1.12 bits per heavy atom. The summed E-state index contributed by atoms with van der Waals surface area (Å²) in [6, 6.07) is 6.94. The van der Waals surface area contributed by atoms with Gasteiger partial charge in [-0.2, -0.15) is 0 Å². The summed E-state index contributed by atoms with van der Waals surface area (Å²) in [6.45, 7) is 0. The van der Waals surface area contributed by atoms with Gasteiger partial charge in [-0.25, -0.2) is 4.98 Å². The number of thiazole rings is 1. The van der Waals surface area contributed by atoms with Crippen molar-refractivity contribution in [2.24, 2.45) is 23.2 Å². The second-order valence-corrected chi connectivity index (χ2v) is 9.99. The summed E-state index contributed by atoms with van der Waals surface area (Å²) in [4.78, 5) is 17.1. The first-order valence-electron chi connectivity index (χ1n) is 9.58. The summed E-state index contributed by atoms with van der Waals surface area (Å²) in [5.41, 5.74) is 2.25. The Kier molecular flexibility index (Phi) is 4.09. The van der Waals surface area contributed by atoms with Crippen LogP contribution < -0.4 is 5.32 Å². The Morgan fingerprint density at radius 2 is 1.73 bits per heavy atom. The van der Waals surface area contributed by atoms with Crippen molar-refractivity contribution in [3.8, 4) is 0 Å². The molecule has 0 spiro atoms. The van der Waals surface area contributed by atoms with Gasteiger partial charge in [-0.05, 0) is 92.4 Å². The smallest absolute Gasteiger partial charge is 0.257 e. The minimum Gasteiger partial charge on any atom is -0.298 e. The maximum Gasteiger partial charge on any atom is 0.257 e. The normalized spacial score (nSPS) is 32.0. The number of hydrogen-bond acceptors (Lipinski definition) is 3. The van der Waals surface area contributed by atoms with Gasteiger partial charge in [0.05, 0.1) is 5.69 Å². The minimum atomic E-state index is -0.127. The van der Waals surface area contributed by atoms with Crippen molar-refractivity contribution >= 4 is 34.0 Å². The van der Waals surface area contributed by atoms with Gasteiger partial charge in [-0.1, -0.05) is 11.6 Å². The molecule has 4 saturated carbocycles. The predicted molar refractivity (Wildman–Crippen MR) is 106 cm³/mol. The Labute approximate surface area is 163 Å². The zero-order valence-corrected chi connectivity index (χ0v) is 16.3. The molecule has 1 amide bonds. The number of nitrogens with one attached hydrogen (secondary N) is 1. The number of hydrogen-bond donors (Lipinski definition) is 1. The number of nitrogens with zero attached hydrogens (tertiary/aromatic N) is 1. The summed E-state index contributed by atoms with van der Waals surface area (Å²) < 4.78 is 0. The van der Waals surface area contributed by atoms with E-state index >= 15 is 0 Å². The predicted octanol–water partition coefficient (Wildman–Crippen LogP) is 5.81. The van der Waals surface area contributed by atoms with Crippen molar-refractivity contribution in [3.63, 3.8) is 0 Å². The highest BCUT2D eigenvalue weighted by atomic mass is 35.5. The molecule has 0 unspecified atom stereocenters. The number of carbonyl (C=O) groups is 1. The van der Waals surface area contributed by atoms with Crippen molar-refractivity contribution < 1.29 is 4.79 Å². The van der Waals surface area contributed by atoms with Gasteiger partial charge in [0.1, 0.15) is 0 Å². The molecule has 4 bridgehead atoms. The third-order valence-corrected chi connectivity index (χ3v) is 7.66. The van der Waals surface area contributed by atoms with Gasteiger partial charge in [0.25, 0.3) is 5.91 Å². The van der Waals surface area contributed by atoms with Crippen LogP contribution in [-0.2, 0) is 6.42 Å². The van der Waals surface area contributed by atoms with Crippen LogP contribution in [-0.4, -0.2) is 10.9 Å². The van der Waals surface area contributed by atoms with E-state index in [-0.39, 0.29) is 5.91 Å². The second-order valence-electron chi connectivity index (χ2n) is 8.70. The summed E-state index contributed by atoms with van der Waals surface area (Å²) in [7, 11) is 0. The highest BCUT2D eigenvalue weighted by Gasteiger charge is 2.50. The van der Waals surface area contributed by atoms with Crippen LogP contribution in [0.15, 0.2) is 29.6 Å². The number of benzene rings is 1. The van der Waals surface area contributed by atoms with Crippen LogP contribution in [0.25, 0.3) is 0 Å². The molecular weight excluding hydrogens is 364 g/mol. The zero-order chi connectivity index (χ0) is 17.7. The molecule has 6 rings (SSSR count). The minimum absolute atomic E-state index is 0.127. The summed E-state index contributed by atoms with van der Waals surface area (Å²) >= 11 is 7.42. The number of rotatable bonds is 4. The molecule has 0 radical (unpaired) electrons. The Bertz CT molecular complexity index is 794. The first kappa shape index (κ1) is 16.8. The molecule has 1 heterocycles. The first-order chi connectivity index (χ1) is 12.6. The van der Waals surface area contributed by atoms with Gasteiger partial charge in [0.15, 0.2) is 5.13 Å². The highest BCUT2D eigenvalue weighted by Crippen LogP contribution is 2.61. The van der Waals surface area contributed by atoms with Crippen LogP contribution in [0.4, 0.5) is 5.13 Å². The SMILES string of the molecule is O=C(Nc1nc(CC23CC4CC(CC(C4)C2)C3)cs1)c1ccc(Cl)cc1. The molecule has 1 N–H and O–H groups in total. The van der Waals surface area contributed by atoms with Crippen LogP contribution in [0.5, 0.6) is 0 Å². The van der Waals surface area contributed by atoms with Gasteiger partial charge in [-0.15, -0.1) is 11.3 Å². The molecule has 2 aromatic rings. The topological polar surface area (TPSA) is 42.0 Å². The van der Waals surface area contributed by atoms with Crippen molar-refractivity contribution in [1.29, 1.82) is 0 Å². The first-order valence-corrected chi connectivity index (χ1v) is 10.8. The third kappa shape index (κ3) is 3.18. The molecular formula is C21H23ClN2OS. The molecule has 3 nitrogen and oxygen atoms in total. The van der Waals surface area contributed by atoms with Crippen LogP contribution in [0.2, 0.25) is 5.02 Å². The standard InChI is InChI=1S/C21H23ClN2OS/c22-17-3-1-16(2-4-17)19(25)24-20-23-18(12-26-20)11-21-8-13-5-14(9-21)7-15(6-13)10-21/h1-4,12-15H,5-11H2,(H,23,24,25). The molecule has 5 heteroatoms. The quantitative estimate of drug-likeness (QED) is 0.720. The molecule has 4 aliphatic rings. The molecule has 1 aromatic carbocycles. The number of anilines is 1. The second kappa shape index (κ2) is 6.35. The van der Waals surface area contributed by atoms with Gasteiger partial charge in [0.2, 0.25) is 0 Å². The van der Waals surface area contributed by atoms with Crippen LogP contribution >= 0.6 is 22.9 Å². The third-order valence-electron chi connectivity index (χ3n) is 6.60. The largest absolute Gasteiger partial charge is 0.298 e. The van der Waals surface area contributed by atoms with E-state index in [2.05, 4.69) is 10.7 Å². The van der Waals surface area contributed by atoms with E-state index in [1.807, 2.05) is 0 Å². The lowest BCUT2D eigenvalue weighted by atomic mass is 9.48. The van der Waals surface area contributed by atoms with Crippen molar-refractivity contribution in [1.82, 2.24) is 4.98 Å². The fourth-order valence-electron chi connectivity index (χ4n) is 6.11. The molecule has 0 atom stereocenters. The Balaban J connectivity index is 1.27. The van der Waals surface area contributed by atoms with E-state index in [0.29, 0.717) is 21.1 Å². The fourth-order valence-corrected chi connectivity index (χ4v) is 6.94. The van der Waals surface area contributed by atoms with E-state index < -0.39 is 0 Å². The van der Waals surface area contributed by atoms with Gasteiger partial charge in [0, 0.05) is 16.0 Å². The Hall–Kier alpha value is -1.39. The van der Waals surface area contributed by atoms with Crippen molar-refractivity contribution in [2.75, 3.05) is 5.32 Å². The molecule has 1 aromatic heterocycles. The fraction of sp³-hybridized carbons (Fsp3) is 0.524. The van der Waals surface area contributed by atoms with E-state index in [4.69, 9.17) is 16.6 Å². The van der Waals surface area contributed by atoms with E-state index in [1.165, 1.54) is 49.9 Å². The number of carbonyl (C=O) groups excluding carboxylic acids is 1. The monoisotopic (exact) mass is 386 g/mol. The van der Waals surface area contributed by atoms with Gasteiger partial charge < -0.3 is 0 Å². The van der Waals surface area contributed by atoms with E-state index in [9.17, 15) is 4.79 Å². The highest BCUT2D eigenvalue weighted by molar-refractivity contribution is 7.14. The lowest BCUT2D eigenvalue weighted by molar-refractivity contribution is -0.0525. The molecule has 4 aliphatic carbocycles. The zero-order valence-electron chi connectivity index (χ0n) is 14.7. The van der Waals surface area contributed by atoms with Crippen molar-refractivity contribution in [3.05, 3.63) is 45.9 Å². The lowest BCUT2D eigenvalue weighted by Crippen LogP contribution is -2.47. The lowest BCUT2D eigenvalue weighted by Gasteiger charge is -2.56. The number of amides is 1. The van der Waals surface area contributed by atoms with Crippen LogP contribution in [0, 0.1) is 23.2 Å². The molecule has 0 aliphatic heterocycles. The van der Waals surface area contributed by atoms with Crippen LogP contribution in [0.1, 0.15) is 54.6 Å². The molecule has 26 heavy (non-hydrogen) atoms. The maximum absolute atomic E-state index is 12.4. The molecule has 0 saturated heterocycles. The van der Waals surface area contributed by atoms with E-state index in [0.717, 1.165) is 29.9 Å². The maximum atomic E-state index is 12.4. The average Bonchev–Trinajstić information content (AvgIpc) is 3.00. The number of halogens is 1.